The summed E-state index contributed by atoms with van der Waals surface area (Å²) in [6, 6.07) is 6.07. The van der Waals surface area contributed by atoms with Gasteiger partial charge < -0.3 is 9.84 Å². The summed E-state index contributed by atoms with van der Waals surface area (Å²) in [5, 5.41) is 9.57. The van der Waals surface area contributed by atoms with E-state index in [4.69, 9.17) is 4.74 Å². The average Bonchev–Trinajstić information content (AvgIpc) is 3.00. The number of hydrogen-bond acceptors (Lipinski definition) is 6. The van der Waals surface area contributed by atoms with Crippen molar-refractivity contribution in [2.24, 2.45) is 0 Å². The van der Waals surface area contributed by atoms with Crippen molar-refractivity contribution in [2.75, 3.05) is 6.61 Å². The topological polar surface area (TPSA) is 98.5 Å². The molecule has 7 nitrogen and oxygen atoms in total. The van der Waals surface area contributed by atoms with Crippen molar-refractivity contribution in [3.63, 3.8) is 0 Å². The van der Waals surface area contributed by atoms with Gasteiger partial charge in [-0.1, -0.05) is 18.2 Å². The van der Waals surface area contributed by atoms with Crippen molar-refractivity contribution < 1.29 is 23.8 Å². The number of benzene rings is 1. The third-order valence-corrected chi connectivity index (χ3v) is 6.04. The summed E-state index contributed by atoms with van der Waals surface area (Å²) in [6.07, 6.45) is -0.0555. The first-order chi connectivity index (χ1) is 14.1. The number of aromatic nitrogens is 2. The third-order valence-electron chi connectivity index (χ3n) is 4.87. The van der Waals surface area contributed by atoms with E-state index in [2.05, 4.69) is 4.98 Å². The standard InChI is InChI=1S/C21H21FN2O5S/c1-5-29-20(28)21(3,4)24-14(10-12-8-6-7-9-13(12)22)23-17-15(18(24)25)11(2)16(30-17)19(26)27/h6-9H,5,10H2,1-4H3,(H,26,27). The SMILES string of the molecule is CCOC(=O)C(C)(C)n1c(Cc2ccccc2F)nc2sc(C(=O)O)c(C)c2c1=O. The molecule has 0 aliphatic heterocycles. The Morgan fingerprint density at radius 2 is 1.97 bits per heavy atom. The molecule has 0 aliphatic rings. The first-order valence-electron chi connectivity index (χ1n) is 9.29. The lowest BCUT2D eigenvalue weighted by Gasteiger charge is -2.27. The summed E-state index contributed by atoms with van der Waals surface area (Å²) in [6.45, 7) is 6.34. The molecule has 0 bridgehead atoms. The number of halogens is 1. The summed E-state index contributed by atoms with van der Waals surface area (Å²) in [5.41, 5.74) is -1.42. The van der Waals surface area contributed by atoms with Crippen LogP contribution in [0.25, 0.3) is 10.2 Å². The van der Waals surface area contributed by atoms with Crippen molar-refractivity contribution in [3.05, 3.63) is 62.3 Å². The molecule has 0 spiro atoms. The molecule has 3 rings (SSSR count). The van der Waals surface area contributed by atoms with Crippen LogP contribution in [-0.2, 0) is 21.5 Å². The number of carboxylic acid groups (broad SMARTS) is 1. The van der Waals surface area contributed by atoms with Crippen LogP contribution in [0.2, 0.25) is 0 Å². The molecule has 0 saturated carbocycles. The van der Waals surface area contributed by atoms with Gasteiger partial charge in [-0.15, -0.1) is 11.3 Å². The maximum Gasteiger partial charge on any atom is 0.346 e. The lowest BCUT2D eigenvalue weighted by atomic mass is 10.0. The number of carbonyl (C=O) groups excluding carboxylic acids is 1. The molecule has 30 heavy (non-hydrogen) atoms. The summed E-state index contributed by atoms with van der Waals surface area (Å²) >= 11 is 0.879. The second-order valence-electron chi connectivity index (χ2n) is 7.26. The minimum atomic E-state index is -1.44. The quantitative estimate of drug-likeness (QED) is 0.599. The van der Waals surface area contributed by atoms with Crippen LogP contribution in [0.5, 0.6) is 0 Å². The van der Waals surface area contributed by atoms with Crippen LogP contribution in [-0.4, -0.2) is 33.2 Å². The van der Waals surface area contributed by atoms with Crippen LogP contribution >= 0.6 is 11.3 Å². The summed E-state index contributed by atoms with van der Waals surface area (Å²) in [7, 11) is 0. The van der Waals surface area contributed by atoms with Gasteiger partial charge in [0, 0.05) is 6.42 Å². The Labute approximate surface area is 175 Å². The minimum Gasteiger partial charge on any atom is -0.477 e. The summed E-state index contributed by atoms with van der Waals surface area (Å²) in [4.78, 5) is 42.4. The molecule has 158 valence electrons. The van der Waals surface area contributed by atoms with Crippen molar-refractivity contribution >= 4 is 33.5 Å². The van der Waals surface area contributed by atoms with Crippen LogP contribution in [0.4, 0.5) is 4.39 Å². The van der Waals surface area contributed by atoms with Gasteiger partial charge in [0.15, 0.2) is 0 Å². The Bertz CT molecular complexity index is 1210. The fraction of sp³-hybridized carbons (Fsp3) is 0.333. The maximum absolute atomic E-state index is 14.3. The first-order valence-corrected chi connectivity index (χ1v) is 10.1. The van der Waals surface area contributed by atoms with E-state index in [-0.39, 0.29) is 39.5 Å². The molecule has 2 heterocycles. The van der Waals surface area contributed by atoms with E-state index in [0.717, 1.165) is 11.3 Å². The van der Waals surface area contributed by atoms with E-state index in [9.17, 15) is 23.9 Å². The number of esters is 1. The van der Waals surface area contributed by atoms with Gasteiger partial charge in [-0.3, -0.25) is 9.36 Å². The molecular formula is C21H21FN2O5S. The predicted octanol–water partition coefficient (Wildman–Crippen LogP) is 3.49. The van der Waals surface area contributed by atoms with Gasteiger partial charge in [0.25, 0.3) is 5.56 Å². The first kappa shape index (κ1) is 21.6. The number of carboxylic acids is 1. The van der Waals surface area contributed by atoms with Crippen LogP contribution in [0, 0.1) is 12.7 Å². The summed E-state index contributed by atoms with van der Waals surface area (Å²) in [5.74, 6) is -2.13. The predicted molar refractivity (Wildman–Crippen MR) is 111 cm³/mol. The molecule has 2 aromatic heterocycles. The number of ether oxygens (including phenoxy) is 1. The molecule has 1 N–H and O–H groups in total. The van der Waals surface area contributed by atoms with Crippen molar-refractivity contribution in [2.45, 2.75) is 39.7 Å². The van der Waals surface area contributed by atoms with Gasteiger partial charge in [0.05, 0.1) is 12.0 Å². The van der Waals surface area contributed by atoms with Crippen molar-refractivity contribution in [1.29, 1.82) is 0 Å². The zero-order valence-electron chi connectivity index (χ0n) is 17.0. The van der Waals surface area contributed by atoms with Crippen LogP contribution in [0.3, 0.4) is 0 Å². The van der Waals surface area contributed by atoms with E-state index in [1.807, 2.05) is 0 Å². The molecule has 0 fully saturated rings. The molecule has 0 saturated heterocycles. The highest BCUT2D eigenvalue weighted by atomic mass is 32.1. The normalized spacial score (nSPS) is 11.6. The number of nitrogens with zero attached hydrogens (tertiary/aromatic N) is 2. The van der Waals surface area contributed by atoms with Crippen LogP contribution in [0.1, 0.15) is 47.4 Å². The number of thiophene rings is 1. The number of fused-ring (bicyclic) bond motifs is 1. The zero-order chi connectivity index (χ0) is 22.2. The second kappa shape index (κ2) is 7.98. The molecule has 0 aliphatic carbocycles. The smallest absolute Gasteiger partial charge is 0.346 e. The minimum absolute atomic E-state index is 0.00173. The van der Waals surface area contributed by atoms with E-state index in [0.29, 0.717) is 5.56 Å². The van der Waals surface area contributed by atoms with Gasteiger partial charge in [-0.2, -0.15) is 0 Å². The third kappa shape index (κ3) is 3.60. The lowest BCUT2D eigenvalue weighted by Crippen LogP contribution is -2.46. The Kier molecular flexibility index (Phi) is 5.76. The van der Waals surface area contributed by atoms with Gasteiger partial charge in [0.2, 0.25) is 0 Å². The molecule has 0 radical (unpaired) electrons. The van der Waals surface area contributed by atoms with Gasteiger partial charge in [-0.05, 0) is 44.9 Å². The van der Waals surface area contributed by atoms with Gasteiger partial charge in [0.1, 0.15) is 26.9 Å². The Hall–Kier alpha value is -3.07. The number of carbonyl (C=O) groups is 2. The van der Waals surface area contributed by atoms with E-state index in [1.54, 1.807) is 25.1 Å². The highest BCUT2D eigenvalue weighted by Crippen LogP contribution is 2.30. The highest BCUT2D eigenvalue weighted by Gasteiger charge is 2.36. The fourth-order valence-corrected chi connectivity index (χ4v) is 4.36. The lowest BCUT2D eigenvalue weighted by molar-refractivity contribution is -0.152. The molecule has 0 atom stereocenters. The Morgan fingerprint density at radius 3 is 2.57 bits per heavy atom. The highest BCUT2D eigenvalue weighted by molar-refractivity contribution is 7.20. The van der Waals surface area contributed by atoms with E-state index >= 15 is 0 Å². The van der Waals surface area contributed by atoms with Crippen LogP contribution in [0.15, 0.2) is 29.1 Å². The Balaban J connectivity index is 2.35. The molecular weight excluding hydrogens is 411 g/mol. The number of rotatable bonds is 6. The summed E-state index contributed by atoms with van der Waals surface area (Å²) < 4.78 is 20.6. The molecule has 0 amide bonds. The number of hydrogen-bond donors (Lipinski definition) is 1. The van der Waals surface area contributed by atoms with Gasteiger partial charge in [-0.25, -0.2) is 19.0 Å². The van der Waals surface area contributed by atoms with Crippen molar-refractivity contribution in [3.8, 4) is 0 Å². The maximum atomic E-state index is 14.3. The Morgan fingerprint density at radius 1 is 1.30 bits per heavy atom. The molecule has 1 aromatic carbocycles. The second-order valence-corrected chi connectivity index (χ2v) is 8.26. The fourth-order valence-electron chi connectivity index (χ4n) is 3.34. The monoisotopic (exact) mass is 432 g/mol. The average molecular weight is 432 g/mol. The molecule has 9 heteroatoms. The van der Waals surface area contributed by atoms with E-state index in [1.165, 1.54) is 31.4 Å². The molecule has 0 unspecified atom stereocenters. The van der Waals surface area contributed by atoms with Gasteiger partial charge >= 0.3 is 11.9 Å². The van der Waals surface area contributed by atoms with Crippen molar-refractivity contribution in [1.82, 2.24) is 9.55 Å². The molecule has 3 aromatic rings. The number of aromatic carboxylic acids is 1. The zero-order valence-corrected chi connectivity index (χ0v) is 17.8. The largest absolute Gasteiger partial charge is 0.477 e. The van der Waals surface area contributed by atoms with Crippen LogP contribution < -0.4 is 5.56 Å². The van der Waals surface area contributed by atoms with E-state index < -0.39 is 28.9 Å². The number of aryl methyl sites for hydroxylation is 1.